The second-order valence-electron chi connectivity index (χ2n) is 8.15. The number of aliphatic carboxylic acids is 1. The normalized spacial score (nSPS) is 10.7. The fourth-order valence-electron chi connectivity index (χ4n) is 2.90. The first kappa shape index (κ1) is 25.1. The molecule has 4 heteroatoms. The molecule has 0 saturated heterocycles. The molecule has 0 aliphatic heterocycles. The molecule has 0 saturated carbocycles. The summed E-state index contributed by atoms with van der Waals surface area (Å²) in [5.41, 5.74) is 4.79. The number of hydrogen-bond donors (Lipinski definition) is 2. The lowest BCUT2D eigenvalue weighted by atomic mass is 10.0. The largest absolute Gasteiger partial charge is 0.481 e. The molecule has 0 atom stereocenters. The molecule has 3 aromatic carbocycles. The summed E-state index contributed by atoms with van der Waals surface area (Å²) in [6, 6.07) is 24.8. The molecule has 0 bridgehead atoms. The maximum Gasteiger partial charge on any atom is 0.307 e. The van der Waals surface area contributed by atoms with E-state index in [0.29, 0.717) is 11.8 Å². The second-order valence-corrected chi connectivity index (χ2v) is 9.71. The van der Waals surface area contributed by atoms with E-state index in [-0.39, 0.29) is 6.42 Å². The molecule has 0 aliphatic carbocycles. The van der Waals surface area contributed by atoms with Crippen LogP contribution in [-0.2, 0) is 17.0 Å². The minimum absolute atomic E-state index is 0.0874. The van der Waals surface area contributed by atoms with E-state index in [4.69, 9.17) is 5.11 Å². The molecule has 164 valence electrons. The Balaban J connectivity index is 0.000000285. The van der Waals surface area contributed by atoms with E-state index in [1.165, 1.54) is 21.6 Å². The van der Waals surface area contributed by atoms with Gasteiger partial charge in [-0.15, -0.1) is 24.4 Å². The predicted molar refractivity (Wildman–Crippen MR) is 136 cm³/mol. The molecular formula is C27H32O2S2. The van der Waals surface area contributed by atoms with Crippen LogP contribution in [0, 0.1) is 0 Å². The van der Waals surface area contributed by atoms with Gasteiger partial charge in [0, 0.05) is 15.5 Å². The van der Waals surface area contributed by atoms with E-state index in [2.05, 4.69) is 76.7 Å². The van der Waals surface area contributed by atoms with Gasteiger partial charge in [0.1, 0.15) is 0 Å². The Morgan fingerprint density at radius 3 is 1.68 bits per heavy atom. The molecule has 0 amide bonds. The van der Waals surface area contributed by atoms with E-state index >= 15 is 0 Å². The van der Waals surface area contributed by atoms with Crippen molar-refractivity contribution in [1.82, 2.24) is 0 Å². The smallest absolute Gasteiger partial charge is 0.307 e. The van der Waals surface area contributed by atoms with Gasteiger partial charge in [0.2, 0.25) is 0 Å². The fraction of sp³-hybridized carbons (Fsp3) is 0.296. The summed E-state index contributed by atoms with van der Waals surface area (Å²) >= 11 is 6.00. The summed E-state index contributed by atoms with van der Waals surface area (Å²) in [5, 5.41) is 8.75. The van der Waals surface area contributed by atoms with Gasteiger partial charge in [-0.05, 0) is 58.4 Å². The lowest BCUT2D eigenvalue weighted by Crippen LogP contribution is -1.99. The SMILES string of the molecule is CC(C)c1ccc(S)cc1.CC(C)c1ccc(SCc2ccc(CC(=O)O)cc2)cc1. The summed E-state index contributed by atoms with van der Waals surface area (Å²) in [5.74, 6) is 1.29. The highest BCUT2D eigenvalue weighted by molar-refractivity contribution is 7.98. The molecule has 2 nitrogen and oxygen atoms in total. The van der Waals surface area contributed by atoms with Gasteiger partial charge in [0.25, 0.3) is 0 Å². The molecule has 0 aliphatic rings. The lowest BCUT2D eigenvalue weighted by Gasteiger charge is -2.07. The monoisotopic (exact) mass is 452 g/mol. The number of carbonyl (C=O) groups is 1. The summed E-state index contributed by atoms with van der Waals surface area (Å²) in [6.45, 7) is 8.77. The number of hydrogen-bond acceptors (Lipinski definition) is 3. The third-order valence-corrected chi connectivity index (χ3v) is 6.27. The summed E-state index contributed by atoms with van der Waals surface area (Å²) < 4.78 is 0. The van der Waals surface area contributed by atoms with Gasteiger partial charge < -0.3 is 5.11 Å². The zero-order chi connectivity index (χ0) is 22.8. The highest BCUT2D eigenvalue weighted by atomic mass is 32.2. The number of thioether (sulfide) groups is 1. The van der Waals surface area contributed by atoms with Gasteiger partial charge in [-0.1, -0.05) is 76.2 Å². The van der Waals surface area contributed by atoms with Crippen molar-refractivity contribution in [2.24, 2.45) is 0 Å². The number of rotatable bonds is 7. The summed E-state index contributed by atoms with van der Waals surface area (Å²) in [7, 11) is 0. The lowest BCUT2D eigenvalue weighted by molar-refractivity contribution is -0.136. The second kappa shape index (κ2) is 12.6. The van der Waals surface area contributed by atoms with Crippen molar-refractivity contribution in [2.75, 3.05) is 0 Å². The predicted octanol–water partition coefficient (Wildman–Crippen LogP) is 7.83. The van der Waals surface area contributed by atoms with Gasteiger partial charge >= 0.3 is 5.97 Å². The Kier molecular flexibility index (Phi) is 10.2. The topological polar surface area (TPSA) is 37.3 Å². The first-order valence-corrected chi connectivity index (χ1v) is 12.0. The van der Waals surface area contributed by atoms with E-state index in [0.717, 1.165) is 16.2 Å². The molecule has 0 aromatic heterocycles. The van der Waals surface area contributed by atoms with Crippen LogP contribution in [0.3, 0.4) is 0 Å². The third-order valence-electron chi connectivity index (χ3n) is 4.89. The number of benzene rings is 3. The minimum atomic E-state index is -0.789. The Hall–Kier alpha value is -2.17. The van der Waals surface area contributed by atoms with Crippen LogP contribution in [0.25, 0.3) is 0 Å². The van der Waals surface area contributed by atoms with Crippen LogP contribution in [0.15, 0.2) is 82.6 Å². The quantitative estimate of drug-likeness (QED) is 0.283. The van der Waals surface area contributed by atoms with Crippen LogP contribution in [0.2, 0.25) is 0 Å². The molecular weight excluding hydrogens is 420 g/mol. The molecule has 0 fully saturated rings. The number of carboxylic acid groups (broad SMARTS) is 1. The van der Waals surface area contributed by atoms with Gasteiger partial charge in [0.15, 0.2) is 0 Å². The molecule has 3 aromatic rings. The highest BCUT2D eigenvalue weighted by Crippen LogP contribution is 2.25. The third kappa shape index (κ3) is 9.24. The van der Waals surface area contributed by atoms with Crippen molar-refractivity contribution in [3.05, 3.63) is 95.1 Å². The van der Waals surface area contributed by atoms with Crippen LogP contribution in [0.1, 0.15) is 61.8 Å². The maximum atomic E-state index is 10.6. The van der Waals surface area contributed by atoms with Crippen molar-refractivity contribution in [2.45, 2.75) is 61.5 Å². The van der Waals surface area contributed by atoms with E-state index in [9.17, 15) is 4.79 Å². The van der Waals surface area contributed by atoms with Crippen LogP contribution in [0.4, 0.5) is 0 Å². The first-order chi connectivity index (χ1) is 14.7. The summed E-state index contributed by atoms with van der Waals surface area (Å²) in [6.07, 6.45) is 0.0874. The van der Waals surface area contributed by atoms with Crippen molar-refractivity contribution in [1.29, 1.82) is 0 Å². The molecule has 31 heavy (non-hydrogen) atoms. The summed E-state index contributed by atoms with van der Waals surface area (Å²) in [4.78, 5) is 12.9. The van der Waals surface area contributed by atoms with Gasteiger partial charge in [-0.25, -0.2) is 0 Å². The van der Waals surface area contributed by atoms with Crippen LogP contribution >= 0.6 is 24.4 Å². The van der Waals surface area contributed by atoms with E-state index in [1.54, 1.807) is 11.8 Å². The molecule has 1 N–H and O–H groups in total. The standard InChI is InChI=1S/C18H20O2S.C9H12S/c1-13(2)16-7-9-17(10-8-16)21-12-15-5-3-14(4-6-15)11-18(19)20;1-7(2)8-3-5-9(10)6-4-8/h3-10,13H,11-12H2,1-2H3,(H,19,20);3-7,10H,1-2H3. The van der Waals surface area contributed by atoms with Crippen molar-refractivity contribution < 1.29 is 9.90 Å². The Morgan fingerprint density at radius 2 is 1.23 bits per heavy atom. The molecule has 0 spiro atoms. The van der Waals surface area contributed by atoms with Crippen molar-refractivity contribution in [3.8, 4) is 0 Å². The van der Waals surface area contributed by atoms with E-state index < -0.39 is 5.97 Å². The highest BCUT2D eigenvalue weighted by Gasteiger charge is 2.02. The van der Waals surface area contributed by atoms with Gasteiger partial charge in [-0.3, -0.25) is 4.79 Å². The minimum Gasteiger partial charge on any atom is -0.481 e. The Morgan fingerprint density at radius 1 is 0.774 bits per heavy atom. The average Bonchev–Trinajstić information content (AvgIpc) is 2.74. The first-order valence-electron chi connectivity index (χ1n) is 10.6. The zero-order valence-electron chi connectivity index (χ0n) is 18.7. The van der Waals surface area contributed by atoms with E-state index in [1.807, 2.05) is 36.4 Å². The maximum absolute atomic E-state index is 10.6. The van der Waals surface area contributed by atoms with Gasteiger partial charge in [-0.2, -0.15) is 0 Å². The fourth-order valence-corrected chi connectivity index (χ4v) is 3.91. The molecule has 3 rings (SSSR count). The average molecular weight is 453 g/mol. The molecule has 0 heterocycles. The number of carboxylic acids is 1. The molecule has 0 unspecified atom stereocenters. The Bertz CT molecular complexity index is 928. The molecule has 0 radical (unpaired) electrons. The number of thiol groups is 1. The van der Waals surface area contributed by atoms with Crippen LogP contribution < -0.4 is 0 Å². The van der Waals surface area contributed by atoms with Crippen molar-refractivity contribution in [3.63, 3.8) is 0 Å². The van der Waals surface area contributed by atoms with Crippen LogP contribution in [-0.4, -0.2) is 11.1 Å². The van der Waals surface area contributed by atoms with Gasteiger partial charge in [0.05, 0.1) is 6.42 Å². The Labute approximate surface area is 196 Å². The zero-order valence-corrected chi connectivity index (χ0v) is 20.4. The van der Waals surface area contributed by atoms with Crippen molar-refractivity contribution >= 4 is 30.4 Å². The van der Waals surface area contributed by atoms with Crippen LogP contribution in [0.5, 0.6) is 0 Å².